The van der Waals surface area contributed by atoms with Gasteiger partial charge in [-0.1, -0.05) is 32.0 Å². The summed E-state index contributed by atoms with van der Waals surface area (Å²) in [7, 11) is 0. The van der Waals surface area contributed by atoms with Crippen molar-refractivity contribution in [2.75, 3.05) is 24.2 Å². The highest BCUT2D eigenvalue weighted by Crippen LogP contribution is 2.43. The molecule has 172 valence electrons. The average Bonchev–Trinajstić information content (AvgIpc) is 2.92. The highest BCUT2D eigenvalue weighted by Gasteiger charge is 2.38. The van der Waals surface area contributed by atoms with E-state index in [9.17, 15) is 13.7 Å². The fourth-order valence-electron chi connectivity index (χ4n) is 3.63. The van der Waals surface area contributed by atoms with Gasteiger partial charge in [-0.2, -0.15) is 4.39 Å². The summed E-state index contributed by atoms with van der Waals surface area (Å²) in [5, 5.41) is 8.78. The molecule has 0 bridgehead atoms. The molecule has 0 amide bonds. The largest absolute Gasteiger partial charge is 0.593 e. The quantitative estimate of drug-likeness (QED) is 0.237. The lowest BCUT2D eigenvalue weighted by atomic mass is 10.1. The van der Waals surface area contributed by atoms with Crippen LogP contribution in [0.5, 0.6) is 5.75 Å². The Morgan fingerprint density at radius 3 is 2.66 bits per heavy atom. The minimum Gasteiger partial charge on any atom is -0.593 e. The molecule has 6 nitrogen and oxygen atoms in total. The molecule has 0 fully saturated rings. The van der Waals surface area contributed by atoms with Crippen LogP contribution in [0.3, 0.4) is 0 Å². The molecule has 32 heavy (non-hydrogen) atoms. The third-order valence-corrected chi connectivity index (χ3v) is 7.58. The van der Waals surface area contributed by atoms with Gasteiger partial charge < -0.3 is 19.3 Å². The molecule has 0 spiro atoms. The van der Waals surface area contributed by atoms with Gasteiger partial charge in [0, 0.05) is 24.8 Å². The van der Waals surface area contributed by atoms with E-state index in [0.717, 1.165) is 24.2 Å². The lowest BCUT2D eigenvalue weighted by Crippen LogP contribution is -2.43. The van der Waals surface area contributed by atoms with Gasteiger partial charge in [0.05, 0.1) is 22.3 Å². The van der Waals surface area contributed by atoms with Crippen LogP contribution in [0.1, 0.15) is 26.7 Å². The molecule has 0 aromatic heterocycles. The van der Waals surface area contributed by atoms with E-state index < -0.39 is 23.2 Å². The molecule has 1 aliphatic heterocycles. The second-order valence-corrected chi connectivity index (χ2v) is 9.51. The first-order chi connectivity index (χ1) is 15.4. The molecule has 2 unspecified atom stereocenters. The number of halogens is 1. The number of hydrogen-bond donors (Lipinski definition) is 1. The van der Waals surface area contributed by atoms with Crippen LogP contribution >= 0.6 is 11.8 Å². The van der Waals surface area contributed by atoms with Crippen LogP contribution < -0.4 is 9.64 Å². The van der Waals surface area contributed by atoms with Crippen LogP contribution in [-0.2, 0) is 16.2 Å². The minimum absolute atomic E-state index is 0.0647. The summed E-state index contributed by atoms with van der Waals surface area (Å²) in [4.78, 5) is 14.2. The van der Waals surface area contributed by atoms with Crippen molar-refractivity contribution in [3.63, 3.8) is 0 Å². The third kappa shape index (κ3) is 5.23. The summed E-state index contributed by atoms with van der Waals surface area (Å²) in [6, 6.07) is 13.5. The smallest absolute Gasteiger partial charge is 0.368 e. The molecular formula is C23H27FN2O4S2. The van der Waals surface area contributed by atoms with E-state index in [4.69, 9.17) is 9.84 Å². The molecule has 2 aromatic carbocycles. The number of carbonyl (C=O) groups is 1. The second kappa shape index (κ2) is 11.1. The lowest BCUT2D eigenvalue weighted by Gasteiger charge is -2.30. The van der Waals surface area contributed by atoms with Gasteiger partial charge in [-0.3, -0.25) is 0 Å². The zero-order chi connectivity index (χ0) is 23.3. The van der Waals surface area contributed by atoms with Gasteiger partial charge in [0.2, 0.25) is 10.7 Å². The summed E-state index contributed by atoms with van der Waals surface area (Å²) in [5.41, 5.74) is 1.78. The van der Waals surface area contributed by atoms with Gasteiger partial charge in [-0.15, -0.1) is 16.1 Å². The fraction of sp³-hybridized carbons (Fsp3) is 0.348. The minimum atomic E-state index is -1.70. The van der Waals surface area contributed by atoms with E-state index in [2.05, 4.69) is 18.7 Å². The number of ether oxygens (including phenoxy) is 1. The van der Waals surface area contributed by atoms with E-state index in [1.54, 1.807) is 6.07 Å². The normalized spacial score (nSPS) is 19.4. The third-order valence-electron chi connectivity index (χ3n) is 5.21. The monoisotopic (exact) mass is 478 g/mol. The first-order valence-electron chi connectivity index (χ1n) is 10.4. The zero-order valence-electron chi connectivity index (χ0n) is 18.3. The number of fused-ring (bicyclic) bond motifs is 1. The zero-order valence-corrected chi connectivity index (χ0v) is 19.9. The Kier molecular flexibility index (Phi) is 8.47. The van der Waals surface area contributed by atoms with Crippen molar-refractivity contribution in [3.8, 4) is 5.75 Å². The van der Waals surface area contributed by atoms with E-state index in [1.807, 2.05) is 47.0 Å². The number of thioether (sulfide) groups is 1. The number of anilines is 2. The highest BCUT2D eigenvalue weighted by molar-refractivity contribution is 7.98. The van der Waals surface area contributed by atoms with Crippen LogP contribution in [0.2, 0.25) is 0 Å². The molecule has 0 saturated carbocycles. The number of rotatable bonds is 8. The molecule has 1 heterocycles. The Hall–Kier alpha value is -2.20. The topological polar surface area (TPSA) is 76.1 Å². The summed E-state index contributed by atoms with van der Waals surface area (Å²) in [6.07, 6.45) is 4.09. The average molecular weight is 479 g/mol. The van der Waals surface area contributed by atoms with E-state index in [1.165, 1.54) is 11.8 Å². The molecule has 2 aromatic rings. The van der Waals surface area contributed by atoms with Crippen molar-refractivity contribution < 1.29 is 23.6 Å². The number of hydrogen-bond acceptors (Lipinski definition) is 6. The first kappa shape index (κ1) is 24.4. The molecular weight excluding hydrogens is 451 g/mol. The second-order valence-electron chi connectivity index (χ2n) is 7.26. The van der Waals surface area contributed by atoms with Gasteiger partial charge in [-0.05, 0) is 37.3 Å². The molecule has 0 aliphatic carbocycles. The summed E-state index contributed by atoms with van der Waals surface area (Å²) in [5.74, 6) is -2.85. The van der Waals surface area contributed by atoms with E-state index in [0.29, 0.717) is 29.1 Å². The molecule has 0 radical (unpaired) electrons. The van der Waals surface area contributed by atoms with Crippen molar-refractivity contribution in [1.29, 1.82) is 0 Å². The number of benzene rings is 2. The van der Waals surface area contributed by atoms with Gasteiger partial charge in [-0.25, -0.2) is 4.79 Å². The van der Waals surface area contributed by atoms with Crippen LogP contribution in [0.4, 0.5) is 15.8 Å². The standard InChI is InChI=1S/C23H27FN2O4S2/c1-4-11-26-16(5-2)14-25(17-9-7-6-8-10-17)19-12-21(31-3)20(13-22(19)32(26)29)30-15-18(24)23(27)28/h6-10,12-13,15-16H,4-5,11,14H2,1-3H3,(H,27,28)/b18-15-. The maximum Gasteiger partial charge on any atom is 0.368 e. The van der Waals surface area contributed by atoms with Crippen molar-refractivity contribution in [2.24, 2.45) is 0 Å². The highest BCUT2D eigenvalue weighted by atomic mass is 32.2. The predicted molar refractivity (Wildman–Crippen MR) is 127 cm³/mol. The van der Waals surface area contributed by atoms with Crippen molar-refractivity contribution in [2.45, 2.75) is 42.5 Å². The van der Waals surface area contributed by atoms with Gasteiger partial charge in [0.25, 0.3) is 0 Å². The van der Waals surface area contributed by atoms with Crippen molar-refractivity contribution in [1.82, 2.24) is 4.31 Å². The number of para-hydroxylation sites is 1. The maximum absolute atomic E-state index is 13.7. The van der Waals surface area contributed by atoms with Crippen LogP contribution in [0.25, 0.3) is 0 Å². The van der Waals surface area contributed by atoms with E-state index in [-0.39, 0.29) is 11.8 Å². The van der Waals surface area contributed by atoms with Gasteiger partial charge in [0.15, 0.2) is 0 Å². The Morgan fingerprint density at radius 2 is 2.06 bits per heavy atom. The number of carboxylic acid groups (broad SMARTS) is 1. The SMILES string of the molecule is CCCN1C(CC)CN(c2ccccc2)c2cc(SC)c(O/C=C(\F)C(=O)O)cc2[S+]1[O-]. The number of nitrogens with zero attached hydrogens (tertiary/aromatic N) is 2. The van der Waals surface area contributed by atoms with Crippen LogP contribution in [0.15, 0.2) is 64.3 Å². The fourth-order valence-corrected chi connectivity index (χ4v) is 5.81. The number of aliphatic carboxylic acids is 1. The summed E-state index contributed by atoms with van der Waals surface area (Å²) >= 11 is -0.0787. The Labute approximate surface area is 195 Å². The lowest BCUT2D eigenvalue weighted by molar-refractivity contribution is -0.134. The molecule has 0 saturated heterocycles. The molecule has 1 aliphatic rings. The summed E-state index contributed by atoms with van der Waals surface area (Å²) < 4.78 is 34.6. The first-order valence-corrected chi connectivity index (χ1v) is 12.7. The van der Waals surface area contributed by atoms with Gasteiger partial charge in [0.1, 0.15) is 17.7 Å². The van der Waals surface area contributed by atoms with Gasteiger partial charge >= 0.3 is 5.97 Å². The van der Waals surface area contributed by atoms with Crippen molar-refractivity contribution in [3.05, 3.63) is 54.6 Å². The van der Waals surface area contributed by atoms with Crippen LogP contribution in [0, 0.1) is 0 Å². The molecule has 9 heteroatoms. The predicted octanol–water partition coefficient (Wildman–Crippen LogP) is 5.35. The van der Waals surface area contributed by atoms with Crippen LogP contribution in [-0.4, -0.2) is 45.3 Å². The summed E-state index contributed by atoms with van der Waals surface area (Å²) in [6.45, 7) is 5.47. The Bertz CT molecular complexity index is 974. The maximum atomic E-state index is 13.7. The molecule has 3 rings (SSSR count). The molecule has 2 atom stereocenters. The Balaban J connectivity index is 2.17. The van der Waals surface area contributed by atoms with E-state index >= 15 is 0 Å². The number of carboxylic acids is 1. The van der Waals surface area contributed by atoms with Crippen molar-refractivity contribution >= 4 is 40.5 Å². The Morgan fingerprint density at radius 1 is 1.34 bits per heavy atom. The molecule has 1 N–H and O–H groups in total.